The maximum absolute atomic E-state index is 14.2. The Hall–Kier alpha value is -1.14. The molecule has 4 aliphatic rings. The van der Waals surface area contributed by atoms with Crippen molar-refractivity contribution in [3.63, 3.8) is 0 Å². The SMILES string of the molecule is CO[C@]1(C)C[C@@H](C)CN(C)C(C2CN(CC3CCCO3)C2)COC(=O)C(C)(C)C(=O)[C@H](C)[C@H]1O[C@H]1C[C@@H](N(C)C)C[C@@H](C)O1. The fourth-order valence-corrected chi connectivity index (χ4v) is 8.08. The van der Waals surface area contributed by atoms with E-state index in [2.05, 4.69) is 49.7 Å². The van der Waals surface area contributed by atoms with Crippen LogP contribution in [0.5, 0.6) is 0 Å². The van der Waals surface area contributed by atoms with Crippen LogP contribution in [0.4, 0.5) is 0 Å². The van der Waals surface area contributed by atoms with Gasteiger partial charge in [0.25, 0.3) is 0 Å². The van der Waals surface area contributed by atoms with Gasteiger partial charge in [-0.3, -0.25) is 19.4 Å². The molecule has 4 rings (SSSR count). The van der Waals surface area contributed by atoms with Crippen LogP contribution in [-0.4, -0.2) is 136 Å². The molecule has 10 heteroatoms. The van der Waals surface area contributed by atoms with E-state index in [0.717, 1.165) is 52.0 Å². The molecule has 2 unspecified atom stereocenters. The quantitative estimate of drug-likeness (QED) is 0.310. The van der Waals surface area contributed by atoms with Crippen molar-refractivity contribution in [3.05, 3.63) is 0 Å². The Labute approximate surface area is 266 Å². The number of likely N-dealkylation sites (tertiary alicyclic amines) is 1. The van der Waals surface area contributed by atoms with Gasteiger partial charge in [0.2, 0.25) is 0 Å². The number of nitrogens with zero attached hydrogens (tertiary/aromatic N) is 3. The predicted octanol–water partition coefficient (Wildman–Crippen LogP) is 3.46. The first-order valence-electron chi connectivity index (χ1n) is 16.9. The zero-order valence-corrected chi connectivity index (χ0v) is 29.2. The van der Waals surface area contributed by atoms with E-state index >= 15 is 0 Å². The first kappa shape index (κ1) is 35.7. The molecule has 0 N–H and O–H groups in total. The summed E-state index contributed by atoms with van der Waals surface area (Å²) in [5, 5.41) is 0. The molecular formula is C34H61N3O7. The molecule has 0 aromatic carbocycles. The maximum Gasteiger partial charge on any atom is 0.319 e. The van der Waals surface area contributed by atoms with E-state index in [0.29, 0.717) is 30.9 Å². The number of esters is 1. The summed E-state index contributed by atoms with van der Waals surface area (Å²) in [6.07, 6.45) is 3.84. The van der Waals surface area contributed by atoms with E-state index in [9.17, 15) is 9.59 Å². The molecule has 4 aliphatic heterocycles. The minimum atomic E-state index is -1.34. The van der Waals surface area contributed by atoms with Gasteiger partial charge in [0, 0.05) is 70.2 Å². The standard InChI is InChI=1S/C34H61N3O7/c1-22-16-34(6,40-10)31(44-29-15-26(35(7)8)14-23(2)43-29)24(3)30(38)33(4,5)32(39)42-21-28(36(9)17-22)25-18-37(19-25)20-27-12-11-13-41-27/h22-29,31H,11-21H2,1-10H3/t22-,23-,24+,26+,27?,28?,29+,31-,34-/m1/s1. The lowest BCUT2D eigenvalue weighted by molar-refractivity contribution is -0.263. The molecule has 10 nitrogen and oxygen atoms in total. The number of hydrogen-bond donors (Lipinski definition) is 0. The van der Waals surface area contributed by atoms with Gasteiger partial charge in [0.1, 0.15) is 12.0 Å². The van der Waals surface area contributed by atoms with Crippen molar-refractivity contribution >= 4 is 11.8 Å². The molecule has 0 aliphatic carbocycles. The predicted molar refractivity (Wildman–Crippen MR) is 169 cm³/mol. The average Bonchev–Trinajstić information content (AvgIpc) is 3.45. The van der Waals surface area contributed by atoms with E-state index < -0.39 is 35.3 Å². The van der Waals surface area contributed by atoms with Crippen LogP contribution in [0.25, 0.3) is 0 Å². The van der Waals surface area contributed by atoms with E-state index in [1.807, 2.05) is 13.8 Å². The van der Waals surface area contributed by atoms with Crippen LogP contribution in [0.2, 0.25) is 0 Å². The summed E-state index contributed by atoms with van der Waals surface area (Å²) in [6, 6.07) is 0.370. The molecule has 9 atom stereocenters. The van der Waals surface area contributed by atoms with Crippen LogP contribution in [0, 0.1) is 23.2 Å². The monoisotopic (exact) mass is 623 g/mol. The number of carbonyl (C=O) groups excluding carboxylic acids is 2. The highest BCUT2D eigenvalue weighted by atomic mass is 16.7. The number of hydrogen-bond acceptors (Lipinski definition) is 10. The van der Waals surface area contributed by atoms with Crippen molar-refractivity contribution in [1.82, 2.24) is 14.7 Å². The highest BCUT2D eigenvalue weighted by molar-refractivity contribution is 6.04. The number of rotatable bonds is 7. The first-order valence-corrected chi connectivity index (χ1v) is 16.9. The summed E-state index contributed by atoms with van der Waals surface area (Å²) in [7, 11) is 7.99. The minimum absolute atomic E-state index is 0.0276. The zero-order valence-electron chi connectivity index (χ0n) is 29.2. The number of carbonyl (C=O) groups is 2. The largest absolute Gasteiger partial charge is 0.463 e. The third kappa shape index (κ3) is 8.22. The second-order valence-corrected chi connectivity index (χ2v) is 15.3. The number of methoxy groups -OCH3 is 1. The summed E-state index contributed by atoms with van der Waals surface area (Å²) in [5.74, 6) is -0.699. The van der Waals surface area contributed by atoms with Crippen LogP contribution in [-0.2, 0) is 33.3 Å². The lowest BCUT2D eigenvalue weighted by atomic mass is 9.74. The third-order valence-electron chi connectivity index (χ3n) is 10.9. The highest BCUT2D eigenvalue weighted by Crippen LogP contribution is 2.38. The molecule has 0 spiro atoms. The molecule has 44 heavy (non-hydrogen) atoms. The second-order valence-electron chi connectivity index (χ2n) is 15.3. The number of ether oxygens (including phenoxy) is 5. The van der Waals surface area contributed by atoms with Gasteiger partial charge in [-0.2, -0.15) is 0 Å². The van der Waals surface area contributed by atoms with Crippen molar-refractivity contribution in [2.75, 3.05) is 67.6 Å². The molecule has 0 bridgehead atoms. The number of Topliss-reactive ketones (excluding diaryl/α,β-unsaturated/α-hetero) is 1. The van der Waals surface area contributed by atoms with E-state index in [1.165, 1.54) is 0 Å². The van der Waals surface area contributed by atoms with Crippen LogP contribution < -0.4 is 0 Å². The van der Waals surface area contributed by atoms with Gasteiger partial charge in [-0.1, -0.05) is 13.8 Å². The molecule has 0 saturated carbocycles. The third-order valence-corrected chi connectivity index (χ3v) is 10.9. The van der Waals surface area contributed by atoms with Gasteiger partial charge in [-0.15, -0.1) is 0 Å². The van der Waals surface area contributed by atoms with Gasteiger partial charge < -0.3 is 28.6 Å². The molecule has 0 aromatic rings. The summed E-state index contributed by atoms with van der Waals surface area (Å²) >= 11 is 0. The number of ketones is 1. The van der Waals surface area contributed by atoms with Crippen molar-refractivity contribution in [3.8, 4) is 0 Å². The fourth-order valence-electron chi connectivity index (χ4n) is 8.08. The van der Waals surface area contributed by atoms with Gasteiger partial charge in [-0.05, 0) is 80.4 Å². The van der Waals surface area contributed by atoms with E-state index in [-0.39, 0.29) is 30.5 Å². The topological polar surface area (TPSA) is 90.0 Å². The normalized spacial score (nSPS) is 40.6. The molecule has 4 saturated heterocycles. The van der Waals surface area contributed by atoms with Crippen LogP contribution in [0.3, 0.4) is 0 Å². The smallest absolute Gasteiger partial charge is 0.319 e. The van der Waals surface area contributed by atoms with Gasteiger partial charge >= 0.3 is 5.97 Å². The molecular weight excluding hydrogens is 562 g/mol. The lowest BCUT2D eigenvalue weighted by Crippen LogP contribution is -2.59. The highest BCUT2D eigenvalue weighted by Gasteiger charge is 2.51. The fraction of sp³-hybridized carbons (Fsp3) is 0.941. The van der Waals surface area contributed by atoms with Crippen LogP contribution in [0.1, 0.15) is 73.6 Å². The Kier molecular flexibility index (Phi) is 12.0. The molecule has 4 heterocycles. The number of likely N-dealkylation sites (N-methyl/N-ethyl adjacent to an activating group) is 1. The summed E-state index contributed by atoms with van der Waals surface area (Å²) < 4.78 is 31.2. The molecule has 0 amide bonds. The second kappa shape index (κ2) is 14.7. The summed E-state index contributed by atoms with van der Waals surface area (Å²) in [5.41, 5.74) is -2.12. The van der Waals surface area contributed by atoms with Crippen molar-refractivity contribution in [2.45, 2.75) is 116 Å². The van der Waals surface area contributed by atoms with Gasteiger partial charge in [0.15, 0.2) is 12.1 Å². The molecule has 0 aromatic heterocycles. The Balaban J connectivity index is 1.56. The number of cyclic esters (lactones) is 1. The van der Waals surface area contributed by atoms with E-state index in [4.69, 9.17) is 23.7 Å². The first-order chi connectivity index (χ1) is 20.6. The molecule has 254 valence electrons. The Morgan fingerprint density at radius 1 is 1.05 bits per heavy atom. The minimum Gasteiger partial charge on any atom is -0.463 e. The zero-order chi connectivity index (χ0) is 32.4. The Bertz CT molecular complexity index is 967. The van der Waals surface area contributed by atoms with Crippen molar-refractivity contribution < 1.29 is 33.3 Å². The van der Waals surface area contributed by atoms with Crippen LogP contribution in [0.15, 0.2) is 0 Å². The Morgan fingerprint density at radius 2 is 1.75 bits per heavy atom. The summed E-state index contributed by atoms with van der Waals surface area (Å²) in [6.45, 7) is 16.4. The summed E-state index contributed by atoms with van der Waals surface area (Å²) in [4.78, 5) is 34.8. The maximum atomic E-state index is 14.2. The molecule has 4 fully saturated rings. The van der Waals surface area contributed by atoms with Crippen molar-refractivity contribution in [2.24, 2.45) is 23.2 Å². The average molecular weight is 624 g/mol. The van der Waals surface area contributed by atoms with Crippen molar-refractivity contribution in [1.29, 1.82) is 0 Å². The van der Waals surface area contributed by atoms with E-state index in [1.54, 1.807) is 21.0 Å². The molecule has 0 radical (unpaired) electrons. The lowest BCUT2D eigenvalue weighted by Gasteiger charge is -2.47. The van der Waals surface area contributed by atoms with Crippen LogP contribution >= 0.6 is 0 Å². The van der Waals surface area contributed by atoms with Gasteiger partial charge in [0.05, 0.1) is 23.9 Å². The Morgan fingerprint density at radius 3 is 2.36 bits per heavy atom. The van der Waals surface area contributed by atoms with Gasteiger partial charge in [-0.25, -0.2) is 0 Å².